The van der Waals surface area contributed by atoms with Crippen molar-refractivity contribution in [2.75, 3.05) is 45.9 Å². The molecule has 2 heterocycles. The van der Waals surface area contributed by atoms with E-state index in [0.717, 1.165) is 0 Å². The lowest BCUT2D eigenvalue weighted by atomic mass is 10.0. The number of para-hydroxylation sites is 2. The molecule has 0 saturated carbocycles. The molecule has 2 amide bonds. The Bertz CT molecular complexity index is 1290. The summed E-state index contributed by atoms with van der Waals surface area (Å²) in [6.07, 6.45) is 0.713. The Hall–Kier alpha value is -2.76. The van der Waals surface area contributed by atoms with Crippen molar-refractivity contribution >= 4 is 42.9 Å². The van der Waals surface area contributed by atoms with Gasteiger partial charge in [-0.15, -0.1) is 0 Å². The maximum Gasteiger partial charge on any atom is 0.241 e. The van der Waals surface area contributed by atoms with Crippen LogP contribution < -0.4 is 9.80 Å². The molecule has 0 aromatic heterocycles. The zero-order valence-corrected chi connectivity index (χ0v) is 24.3. The number of benzene rings is 2. The van der Waals surface area contributed by atoms with Crippen LogP contribution in [0.25, 0.3) is 0 Å². The summed E-state index contributed by atoms with van der Waals surface area (Å²) >= 11 is 0. The number of hydrogen-bond donors (Lipinski definition) is 0. The average molecular weight is 576 g/mol. The van der Waals surface area contributed by atoms with Gasteiger partial charge in [-0.1, -0.05) is 36.4 Å². The van der Waals surface area contributed by atoms with Crippen molar-refractivity contribution in [3.63, 3.8) is 0 Å². The van der Waals surface area contributed by atoms with E-state index in [1.54, 1.807) is 63.2 Å². The van der Waals surface area contributed by atoms with Crippen LogP contribution >= 0.6 is 0 Å². The van der Waals surface area contributed by atoms with Gasteiger partial charge in [-0.25, -0.2) is 16.8 Å². The largest absolute Gasteiger partial charge is 0.307 e. The molecule has 9 nitrogen and oxygen atoms in total. The first kappa shape index (κ1) is 29.2. The molecule has 2 aliphatic rings. The number of carbonyl (C=O) groups excluding carboxylic acids is 2. The summed E-state index contributed by atoms with van der Waals surface area (Å²) in [5, 5.41) is 0. The minimum atomic E-state index is -3.24. The standard InChI is InChI=1S/C28H37N3O6S2/c1-28(2,3)29(18-26(32)30(22-10-6-4-7-11-22)24-14-16-38(34,35)20-24)19-27(33)31(23-12-8-5-9-13-23)25-15-17-39(36,37)21-25/h4-13,24-25H,14-21H2,1-3H3. The molecule has 39 heavy (non-hydrogen) atoms. The Kier molecular flexibility index (Phi) is 8.53. The lowest BCUT2D eigenvalue weighted by molar-refractivity contribution is -0.125. The number of amides is 2. The molecule has 0 spiro atoms. The summed E-state index contributed by atoms with van der Waals surface area (Å²) in [4.78, 5) is 32.6. The van der Waals surface area contributed by atoms with E-state index in [-0.39, 0.29) is 47.9 Å². The molecule has 212 valence electrons. The van der Waals surface area contributed by atoms with E-state index in [4.69, 9.17) is 0 Å². The van der Waals surface area contributed by atoms with Crippen molar-refractivity contribution in [3.05, 3.63) is 60.7 Å². The molecule has 0 N–H and O–H groups in total. The first-order valence-corrected chi connectivity index (χ1v) is 16.8. The second kappa shape index (κ2) is 11.4. The number of carbonyl (C=O) groups is 2. The highest BCUT2D eigenvalue weighted by Gasteiger charge is 2.39. The lowest BCUT2D eigenvalue weighted by Crippen LogP contribution is -2.55. The predicted octanol–water partition coefficient (Wildman–Crippen LogP) is 2.53. The van der Waals surface area contributed by atoms with Gasteiger partial charge in [-0.2, -0.15) is 0 Å². The topological polar surface area (TPSA) is 112 Å². The third kappa shape index (κ3) is 7.26. The SMILES string of the molecule is CC(C)(C)N(CC(=O)N(c1ccccc1)C1CCS(=O)(=O)C1)CC(=O)N(c1ccccc1)C1CCS(=O)(=O)C1. The lowest BCUT2D eigenvalue weighted by Gasteiger charge is -2.39. The van der Waals surface area contributed by atoms with Crippen molar-refractivity contribution in [1.82, 2.24) is 4.90 Å². The summed E-state index contributed by atoms with van der Waals surface area (Å²) in [7, 11) is -6.47. The number of rotatable bonds is 8. The van der Waals surface area contributed by atoms with Gasteiger partial charge in [0.05, 0.1) is 48.2 Å². The molecule has 2 atom stereocenters. The minimum absolute atomic E-state index is 0.0338. The van der Waals surface area contributed by atoms with Crippen LogP contribution in [-0.4, -0.2) is 87.3 Å². The van der Waals surface area contributed by atoms with E-state index in [1.165, 1.54) is 0 Å². The van der Waals surface area contributed by atoms with Crippen molar-refractivity contribution in [2.45, 2.75) is 51.2 Å². The van der Waals surface area contributed by atoms with E-state index in [0.29, 0.717) is 24.2 Å². The van der Waals surface area contributed by atoms with Crippen LogP contribution in [0.1, 0.15) is 33.6 Å². The fourth-order valence-electron chi connectivity index (χ4n) is 5.26. The summed E-state index contributed by atoms with van der Waals surface area (Å²) in [5.74, 6) is -0.709. The average Bonchev–Trinajstić information content (AvgIpc) is 3.40. The van der Waals surface area contributed by atoms with E-state index in [9.17, 15) is 26.4 Å². The molecule has 2 unspecified atom stereocenters. The normalized spacial score (nSPS) is 22.1. The Morgan fingerprint density at radius 2 is 1.05 bits per heavy atom. The quantitative estimate of drug-likeness (QED) is 0.476. The molecule has 2 saturated heterocycles. The van der Waals surface area contributed by atoms with Gasteiger partial charge >= 0.3 is 0 Å². The van der Waals surface area contributed by atoms with E-state index in [2.05, 4.69) is 0 Å². The van der Waals surface area contributed by atoms with E-state index < -0.39 is 37.3 Å². The molecule has 2 fully saturated rings. The highest BCUT2D eigenvalue weighted by atomic mass is 32.2. The first-order chi connectivity index (χ1) is 18.3. The summed E-state index contributed by atoms with van der Waals surface area (Å²) in [6, 6.07) is 17.1. The van der Waals surface area contributed by atoms with Gasteiger partial charge in [0.25, 0.3) is 0 Å². The van der Waals surface area contributed by atoms with Crippen molar-refractivity contribution in [2.24, 2.45) is 0 Å². The summed E-state index contributed by atoms with van der Waals surface area (Å²) in [6.45, 7) is 5.52. The third-order valence-electron chi connectivity index (χ3n) is 7.35. The molecule has 4 rings (SSSR count). The van der Waals surface area contributed by atoms with Crippen molar-refractivity contribution in [3.8, 4) is 0 Å². The Balaban J connectivity index is 1.60. The zero-order chi connectivity index (χ0) is 28.4. The Labute approximate surface area is 231 Å². The molecule has 0 bridgehead atoms. The Morgan fingerprint density at radius 1 is 0.692 bits per heavy atom. The van der Waals surface area contributed by atoms with E-state index in [1.807, 2.05) is 32.9 Å². The van der Waals surface area contributed by atoms with Gasteiger partial charge in [0, 0.05) is 16.9 Å². The van der Waals surface area contributed by atoms with Gasteiger partial charge in [0.1, 0.15) is 0 Å². The molecular formula is C28H37N3O6S2. The molecule has 0 aliphatic carbocycles. The molecule has 11 heteroatoms. The first-order valence-electron chi connectivity index (χ1n) is 13.2. The third-order valence-corrected chi connectivity index (χ3v) is 10.9. The van der Waals surface area contributed by atoms with Gasteiger partial charge in [0.2, 0.25) is 11.8 Å². The van der Waals surface area contributed by atoms with Gasteiger partial charge < -0.3 is 9.80 Å². The Morgan fingerprint density at radius 3 is 1.33 bits per heavy atom. The maximum atomic E-state index is 13.8. The number of anilines is 2. The van der Waals surface area contributed by atoms with Crippen molar-refractivity contribution in [1.29, 1.82) is 0 Å². The number of hydrogen-bond acceptors (Lipinski definition) is 7. The molecular weight excluding hydrogens is 538 g/mol. The van der Waals surface area contributed by atoms with Gasteiger partial charge in [0.15, 0.2) is 19.7 Å². The molecule has 2 aliphatic heterocycles. The second-order valence-corrected chi connectivity index (χ2v) is 15.8. The molecule has 0 radical (unpaired) electrons. The minimum Gasteiger partial charge on any atom is -0.307 e. The van der Waals surface area contributed by atoms with Crippen LogP contribution in [0.4, 0.5) is 11.4 Å². The maximum absolute atomic E-state index is 13.8. The van der Waals surface area contributed by atoms with Gasteiger partial charge in [-0.3, -0.25) is 14.5 Å². The highest BCUT2D eigenvalue weighted by Crippen LogP contribution is 2.28. The number of nitrogens with zero attached hydrogens (tertiary/aromatic N) is 3. The fourth-order valence-corrected chi connectivity index (χ4v) is 8.66. The highest BCUT2D eigenvalue weighted by molar-refractivity contribution is 7.92. The van der Waals surface area contributed by atoms with Crippen LogP contribution in [0.2, 0.25) is 0 Å². The van der Waals surface area contributed by atoms with Gasteiger partial charge in [-0.05, 0) is 57.9 Å². The van der Waals surface area contributed by atoms with Crippen molar-refractivity contribution < 1.29 is 26.4 Å². The fraction of sp³-hybridized carbons (Fsp3) is 0.500. The smallest absolute Gasteiger partial charge is 0.241 e. The molecule has 2 aromatic carbocycles. The zero-order valence-electron chi connectivity index (χ0n) is 22.7. The van der Waals surface area contributed by atoms with Crippen LogP contribution in [0.3, 0.4) is 0 Å². The van der Waals surface area contributed by atoms with E-state index >= 15 is 0 Å². The monoisotopic (exact) mass is 575 g/mol. The second-order valence-electron chi connectivity index (χ2n) is 11.3. The van der Waals surface area contributed by atoms with Crippen LogP contribution in [-0.2, 0) is 29.3 Å². The number of sulfone groups is 2. The summed E-state index contributed by atoms with van der Waals surface area (Å²) in [5.41, 5.74) is 0.651. The van der Waals surface area contributed by atoms with Crippen LogP contribution in [0, 0.1) is 0 Å². The van der Waals surface area contributed by atoms with Crippen LogP contribution in [0.15, 0.2) is 60.7 Å². The summed E-state index contributed by atoms with van der Waals surface area (Å²) < 4.78 is 49.1. The van der Waals surface area contributed by atoms with Crippen LogP contribution in [0.5, 0.6) is 0 Å². The predicted molar refractivity (Wildman–Crippen MR) is 153 cm³/mol. The molecule has 2 aromatic rings.